The molecule has 0 spiro atoms. The number of aromatic nitrogens is 1. The van der Waals surface area contributed by atoms with Crippen molar-refractivity contribution in [2.24, 2.45) is 0 Å². The van der Waals surface area contributed by atoms with Crippen LogP contribution in [-0.4, -0.2) is 43.7 Å². The summed E-state index contributed by atoms with van der Waals surface area (Å²) in [7, 11) is 3.87. The molecule has 2 rings (SSSR count). The van der Waals surface area contributed by atoms with Crippen LogP contribution in [-0.2, 0) is 17.7 Å². The first kappa shape index (κ1) is 11.4. The van der Waals surface area contributed by atoms with Gasteiger partial charge >= 0.3 is 0 Å². The van der Waals surface area contributed by atoms with E-state index in [1.807, 2.05) is 6.20 Å². The molecule has 88 valence electrons. The predicted molar refractivity (Wildman–Crippen MR) is 64.6 cm³/mol. The van der Waals surface area contributed by atoms with Crippen LogP contribution < -0.4 is 5.32 Å². The molecule has 0 saturated carbocycles. The average Bonchev–Trinajstić information content (AvgIpc) is 2.29. The fourth-order valence-corrected chi connectivity index (χ4v) is 2.06. The van der Waals surface area contributed by atoms with Gasteiger partial charge in [0, 0.05) is 38.5 Å². The molecule has 0 saturated heterocycles. The lowest BCUT2D eigenvalue weighted by Gasteiger charge is -2.26. The third-order valence-electron chi connectivity index (χ3n) is 2.94. The molecule has 4 heteroatoms. The second kappa shape index (κ2) is 5.27. The first-order valence-electron chi connectivity index (χ1n) is 5.69. The van der Waals surface area contributed by atoms with E-state index in [9.17, 15) is 0 Å². The molecule has 2 heterocycles. The smallest absolute Gasteiger partial charge is 0.129 e. The highest BCUT2D eigenvalue weighted by molar-refractivity contribution is 5.49. The van der Waals surface area contributed by atoms with E-state index in [0.717, 1.165) is 31.9 Å². The Morgan fingerprint density at radius 3 is 3.25 bits per heavy atom. The summed E-state index contributed by atoms with van der Waals surface area (Å²) in [5.74, 6) is 1.03. The first-order chi connectivity index (χ1) is 7.81. The molecule has 0 amide bonds. The van der Waals surface area contributed by atoms with Crippen molar-refractivity contribution in [2.75, 3.05) is 39.2 Å². The molecule has 1 aliphatic rings. The maximum absolute atomic E-state index is 5.03. The number of nitrogens with one attached hydrogen (secondary N) is 1. The van der Waals surface area contributed by atoms with Crippen LogP contribution in [0.4, 0.5) is 5.82 Å². The van der Waals surface area contributed by atoms with Crippen LogP contribution in [0.1, 0.15) is 11.1 Å². The fraction of sp³-hybridized carbons (Fsp3) is 0.583. The quantitative estimate of drug-likeness (QED) is 0.773. The van der Waals surface area contributed by atoms with Gasteiger partial charge in [-0.15, -0.1) is 0 Å². The summed E-state index contributed by atoms with van der Waals surface area (Å²) in [5.41, 5.74) is 2.76. The van der Waals surface area contributed by atoms with E-state index in [2.05, 4.69) is 28.3 Å². The van der Waals surface area contributed by atoms with Crippen LogP contribution in [0.2, 0.25) is 0 Å². The van der Waals surface area contributed by atoms with Crippen molar-refractivity contribution < 1.29 is 4.74 Å². The van der Waals surface area contributed by atoms with Crippen LogP contribution in [0.25, 0.3) is 0 Å². The lowest BCUT2D eigenvalue weighted by molar-refractivity contribution is 0.210. The SMILES string of the molecule is COCCNc1nccc2c1CCN(C)C2. The van der Waals surface area contributed by atoms with Gasteiger partial charge in [-0.3, -0.25) is 0 Å². The largest absolute Gasteiger partial charge is 0.383 e. The minimum atomic E-state index is 0.714. The molecular weight excluding hydrogens is 202 g/mol. The zero-order chi connectivity index (χ0) is 11.4. The predicted octanol–water partition coefficient (Wildman–Crippen LogP) is 1.13. The number of hydrogen-bond acceptors (Lipinski definition) is 4. The van der Waals surface area contributed by atoms with Crippen molar-refractivity contribution >= 4 is 5.82 Å². The van der Waals surface area contributed by atoms with E-state index in [0.29, 0.717) is 6.61 Å². The zero-order valence-electron chi connectivity index (χ0n) is 9.99. The van der Waals surface area contributed by atoms with Gasteiger partial charge in [-0.25, -0.2) is 4.98 Å². The van der Waals surface area contributed by atoms with Gasteiger partial charge in [-0.05, 0) is 25.1 Å². The summed E-state index contributed by atoms with van der Waals surface area (Å²) in [6.45, 7) is 3.66. The summed E-state index contributed by atoms with van der Waals surface area (Å²) in [6, 6.07) is 2.12. The molecule has 4 nitrogen and oxygen atoms in total. The van der Waals surface area contributed by atoms with Crippen molar-refractivity contribution in [1.29, 1.82) is 0 Å². The van der Waals surface area contributed by atoms with Crippen LogP contribution in [0.5, 0.6) is 0 Å². The monoisotopic (exact) mass is 221 g/mol. The normalized spacial score (nSPS) is 15.9. The summed E-state index contributed by atoms with van der Waals surface area (Å²) in [4.78, 5) is 6.74. The first-order valence-corrected chi connectivity index (χ1v) is 5.69. The van der Waals surface area contributed by atoms with E-state index >= 15 is 0 Å². The van der Waals surface area contributed by atoms with E-state index in [1.54, 1.807) is 7.11 Å². The molecule has 16 heavy (non-hydrogen) atoms. The number of anilines is 1. The summed E-state index contributed by atoms with van der Waals surface area (Å²) in [6.07, 6.45) is 2.96. The molecule has 0 unspecified atom stereocenters. The van der Waals surface area contributed by atoms with E-state index in [1.165, 1.54) is 11.1 Å². The Morgan fingerprint density at radius 1 is 1.56 bits per heavy atom. The Hall–Kier alpha value is -1.13. The molecular formula is C12H19N3O. The van der Waals surface area contributed by atoms with E-state index in [-0.39, 0.29) is 0 Å². The second-order valence-electron chi connectivity index (χ2n) is 4.20. The molecule has 0 aliphatic carbocycles. The number of methoxy groups -OCH3 is 1. The van der Waals surface area contributed by atoms with Gasteiger partial charge < -0.3 is 15.0 Å². The number of likely N-dealkylation sites (N-methyl/N-ethyl adjacent to an activating group) is 1. The molecule has 0 bridgehead atoms. The number of fused-ring (bicyclic) bond motifs is 1. The van der Waals surface area contributed by atoms with Crippen molar-refractivity contribution in [3.8, 4) is 0 Å². The summed E-state index contributed by atoms with van der Waals surface area (Å²) in [5, 5.41) is 3.33. The second-order valence-corrected chi connectivity index (χ2v) is 4.20. The lowest BCUT2D eigenvalue weighted by Crippen LogP contribution is -2.27. The van der Waals surface area contributed by atoms with Crippen molar-refractivity contribution in [3.05, 3.63) is 23.4 Å². The van der Waals surface area contributed by atoms with Crippen LogP contribution in [0.3, 0.4) is 0 Å². The topological polar surface area (TPSA) is 37.4 Å². The highest BCUT2D eigenvalue weighted by Crippen LogP contribution is 2.23. The standard InChI is InChI=1S/C12H19N3O/c1-15-7-4-11-10(9-15)3-5-13-12(11)14-6-8-16-2/h3,5H,4,6-9H2,1-2H3,(H,13,14). The Bertz CT molecular complexity index is 354. The van der Waals surface area contributed by atoms with Crippen molar-refractivity contribution in [2.45, 2.75) is 13.0 Å². The van der Waals surface area contributed by atoms with E-state index in [4.69, 9.17) is 4.74 Å². The molecule has 1 aliphatic heterocycles. The Labute approximate surface area is 96.6 Å². The number of ether oxygens (including phenoxy) is 1. The Kier molecular flexibility index (Phi) is 3.74. The maximum atomic E-state index is 5.03. The van der Waals surface area contributed by atoms with E-state index < -0.39 is 0 Å². The maximum Gasteiger partial charge on any atom is 0.129 e. The van der Waals surface area contributed by atoms with Gasteiger partial charge in [0.2, 0.25) is 0 Å². The number of nitrogens with zero attached hydrogens (tertiary/aromatic N) is 2. The highest BCUT2D eigenvalue weighted by Gasteiger charge is 2.16. The Morgan fingerprint density at radius 2 is 2.44 bits per heavy atom. The molecule has 1 N–H and O–H groups in total. The lowest BCUT2D eigenvalue weighted by atomic mass is 10.0. The van der Waals surface area contributed by atoms with Crippen LogP contribution >= 0.6 is 0 Å². The van der Waals surface area contributed by atoms with Gasteiger partial charge in [0.05, 0.1) is 6.61 Å². The zero-order valence-corrected chi connectivity index (χ0v) is 9.99. The number of hydrogen-bond donors (Lipinski definition) is 1. The van der Waals surface area contributed by atoms with Gasteiger partial charge in [-0.2, -0.15) is 0 Å². The summed E-state index contributed by atoms with van der Waals surface area (Å²) >= 11 is 0. The molecule has 0 fully saturated rings. The molecule has 0 aromatic carbocycles. The average molecular weight is 221 g/mol. The molecule has 1 aromatic rings. The van der Waals surface area contributed by atoms with Gasteiger partial charge in [-0.1, -0.05) is 0 Å². The minimum absolute atomic E-state index is 0.714. The van der Waals surface area contributed by atoms with Gasteiger partial charge in [0.15, 0.2) is 0 Å². The molecule has 0 atom stereocenters. The number of pyridine rings is 1. The number of rotatable bonds is 4. The van der Waals surface area contributed by atoms with Crippen molar-refractivity contribution in [3.63, 3.8) is 0 Å². The highest BCUT2D eigenvalue weighted by atomic mass is 16.5. The minimum Gasteiger partial charge on any atom is -0.383 e. The molecule has 0 radical (unpaired) electrons. The molecule has 1 aromatic heterocycles. The van der Waals surface area contributed by atoms with Gasteiger partial charge in [0.25, 0.3) is 0 Å². The van der Waals surface area contributed by atoms with Crippen molar-refractivity contribution in [1.82, 2.24) is 9.88 Å². The van der Waals surface area contributed by atoms with Crippen LogP contribution in [0, 0.1) is 0 Å². The fourth-order valence-electron chi connectivity index (χ4n) is 2.06. The third kappa shape index (κ3) is 2.51. The summed E-state index contributed by atoms with van der Waals surface area (Å²) < 4.78 is 5.03. The van der Waals surface area contributed by atoms with Gasteiger partial charge in [0.1, 0.15) is 5.82 Å². The Balaban J connectivity index is 2.10. The third-order valence-corrected chi connectivity index (χ3v) is 2.94. The van der Waals surface area contributed by atoms with Crippen LogP contribution in [0.15, 0.2) is 12.3 Å².